The standard InChI is InChI=1S/C95H64F6N2/c1-7-59-29-33-61(34-30-59)93(81-45-55(3)25-27-57(81)5)77-21-13-9-17-69(77)73-41-37-65(51-83(73)93)102(89-49-63(96)47-87(98)91(89)100)67-39-43-75-71-19-11-15-23-79(71)95(85(75)53-67)80-24-16-12-20-72(80)76-44-40-68(54-86(76)95)103(90-50-64(97)48-88(99)92(90)101)66-38-42-74-70-18-10-14-22-78(70)94(84(74)52-66,62-35-31-60(8-2)32-36-62)82-46-56(4)26-28-58(82)6/h7-54H,1-2H2,3-6H3. The minimum Gasteiger partial charge on any atom is -0.307 e. The van der Waals surface area contributed by atoms with Crippen molar-refractivity contribution in [2.75, 3.05) is 9.80 Å². The summed E-state index contributed by atoms with van der Waals surface area (Å²) in [6.45, 7) is 16.5. The summed E-state index contributed by atoms with van der Waals surface area (Å²) in [5.41, 5.74) is 22.5. The normalized spacial score (nSPS) is 16.6. The second-order valence-electron chi connectivity index (χ2n) is 27.8. The molecule has 0 fully saturated rings. The largest absolute Gasteiger partial charge is 0.307 e. The predicted molar refractivity (Wildman–Crippen MR) is 406 cm³/mol. The van der Waals surface area contributed by atoms with Gasteiger partial charge in [0.2, 0.25) is 0 Å². The van der Waals surface area contributed by atoms with E-state index < -0.39 is 51.1 Å². The van der Waals surface area contributed by atoms with Gasteiger partial charge >= 0.3 is 0 Å². The molecule has 0 saturated carbocycles. The molecular weight excluding hydrogens is 1280 g/mol. The minimum atomic E-state index is -1.36. The van der Waals surface area contributed by atoms with E-state index in [-0.39, 0.29) is 11.4 Å². The van der Waals surface area contributed by atoms with Crippen LogP contribution in [0.1, 0.15) is 100 Å². The number of benzene rings is 14. The number of hydrogen-bond donors (Lipinski definition) is 0. The molecule has 8 heteroatoms. The van der Waals surface area contributed by atoms with Crippen molar-refractivity contribution in [3.05, 3.63) is 427 Å². The summed E-state index contributed by atoms with van der Waals surface area (Å²) in [6.07, 6.45) is 3.63. The number of anilines is 6. The number of hydrogen-bond acceptors (Lipinski definition) is 2. The van der Waals surface area contributed by atoms with E-state index in [9.17, 15) is 0 Å². The molecular formula is C95H64F6N2. The van der Waals surface area contributed by atoms with Crippen LogP contribution in [-0.4, -0.2) is 0 Å². The van der Waals surface area contributed by atoms with Gasteiger partial charge in [-0.3, -0.25) is 0 Å². The first-order chi connectivity index (χ1) is 50.1. The Bertz CT molecular complexity index is 5600. The van der Waals surface area contributed by atoms with Crippen LogP contribution in [0.3, 0.4) is 0 Å². The van der Waals surface area contributed by atoms with Gasteiger partial charge in [-0.15, -0.1) is 0 Å². The fraction of sp³-hybridized carbons (Fsp3) is 0.0737. The predicted octanol–water partition coefficient (Wildman–Crippen LogP) is 25.1. The maximum absolute atomic E-state index is 17.5. The number of aryl methyl sites for hydroxylation is 4. The molecule has 18 rings (SSSR count). The van der Waals surface area contributed by atoms with Crippen LogP contribution in [0, 0.1) is 62.6 Å². The van der Waals surface area contributed by atoms with Gasteiger partial charge in [-0.05, 0) is 210 Å². The Kier molecular flexibility index (Phi) is 14.3. The molecule has 4 aliphatic rings. The fourth-order valence-corrected chi connectivity index (χ4v) is 18.0. The van der Waals surface area contributed by atoms with Crippen molar-refractivity contribution >= 4 is 46.3 Å². The molecule has 0 heterocycles. The van der Waals surface area contributed by atoms with Crippen LogP contribution in [0.2, 0.25) is 0 Å². The highest BCUT2D eigenvalue weighted by atomic mass is 19.2. The van der Waals surface area contributed by atoms with E-state index in [0.717, 1.165) is 157 Å². The lowest BCUT2D eigenvalue weighted by Crippen LogP contribution is -2.30. The Labute approximate surface area is 594 Å². The summed E-state index contributed by atoms with van der Waals surface area (Å²) in [7, 11) is 0. The average molecular weight is 1350 g/mol. The lowest BCUT2D eigenvalue weighted by Gasteiger charge is -2.36. The molecule has 0 amide bonds. The molecule has 4 aliphatic carbocycles. The van der Waals surface area contributed by atoms with Gasteiger partial charge in [0, 0.05) is 47.0 Å². The van der Waals surface area contributed by atoms with Gasteiger partial charge in [0.15, 0.2) is 23.3 Å². The van der Waals surface area contributed by atoms with Gasteiger partial charge in [-0.25, -0.2) is 26.3 Å². The average Bonchev–Trinajstić information content (AvgIpc) is 1.47. The van der Waals surface area contributed by atoms with Crippen LogP contribution in [0.4, 0.5) is 60.5 Å². The summed E-state index contributed by atoms with van der Waals surface area (Å²) in [6, 6.07) is 89.7. The maximum Gasteiger partial charge on any atom is 0.182 e. The Hall–Kier alpha value is -12.3. The molecule has 14 aromatic carbocycles. The molecule has 14 aromatic rings. The summed E-state index contributed by atoms with van der Waals surface area (Å²) < 4.78 is 101. The summed E-state index contributed by atoms with van der Waals surface area (Å²) in [5.74, 6) is -7.16. The molecule has 0 aromatic heterocycles. The van der Waals surface area contributed by atoms with Crippen molar-refractivity contribution in [3.63, 3.8) is 0 Å². The highest BCUT2D eigenvalue weighted by Gasteiger charge is 2.54. The number of halogens is 6. The zero-order chi connectivity index (χ0) is 70.5. The fourth-order valence-electron chi connectivity index (χ4n) is 18.0. The van der Waals surface area contributed by atoms with Crippen LogP contribution < -0.4 is 9.80 Å². The molecule has 496 valence electrons. The third-order valence-electron chi connectivity index (χ3n) is 22.3. The maximum atomic E-state index is 17.5. The van der Waals surface area contributed by atoms with Crippen LogP contribution in [0.5, 0.6) is 0 Å². The van der Waals surface area contributed by atoms with Crippen LogP contribution in [0.25, 0.3) is 56.7 Å². The van der Waals surface area contributed by atoms with Crippen molar-refractivity contribution in [1.29, 1.82) is 0 Å². The Morgan fingerprint density at radius 1 is 0.272 bits per heavy atom. The molecule has 0 saturated heterocycles. The molecule has 2 nitrogen and oxygen atoms in total. The van der Waals surface area contributed by atoms with Crippen molar-refractivity contribution < 1.29 is 26.3 Å². The van der Waals surface area contributed by atoms with E-state index in [4.69, 9.17) is 0 Å². The summed E-state index contributed by atoms with van der Waals surface area (Å²) in [5, 5.41) is 0. The number of fused-ring (bicyclic) bond motifs is 16. The Morgan fingerprint density at radius 3 is 0.883 bits per heavy atom. The highest BCUT2D eigenvalue weighted by molar-refractivity contribution is 5.99. The van der Waals surface area contributed by atoms with E-state index in [2.05, 4.69) is 186 Å². The van der Waals surface area contributed by atoms with E-state index in [1.807, 2.05) is 121 Å². The van der Waals surface area contributed by atoms with Crippen molar-refractivity contribution in [1.82, 2.24) is 0 Å². The molecule has 103 heavy (non-hydrogen) atoms. The van der Waals surface area contributed by atoms with Gasteiger partial charge in [0.25, 0.3) is 0 Å². The second-order valence-corrected chi connectivity index (χ2v) is 27.8. The van der Waals surface area contributed by atoms with E-state index in [0.29, 0.717) is 34.9 Å². The first-order valence-corrected chi connectivity index (χ1v) is 34.6. The molecule has 2 atom stereocenters. The van der Waals surface area contributed by atoms with Gasteiger partial charge in [-0.2, -0.15) is 0 Å². The van der Waals surface area contributed by atoms with Gasteiger partial charge in [0.1, 0.15) is 11.6 Å². The van der Waals surface area contributed by atoms with E-state index in [1.165, 1.54) is 0 Å². The van der Waals surface area contributed by atoms with Gasteiger partial charge < -0.3 is 9.80 Å². The van der Waals surface area contributed by atoms with Crippen LogP contribution in [-0.2, 0) is 16.2 Å². The zero-order valence-electron chi connectivity index (χ0n) is 56.8. The highest BCUT2D eigenvalue weighted by Crippen LogP contribution is 2.66. The third-order valence-corrected chi connectivity index (χ3v) is 22.3. The van der Waals surface area contributed by atoms with Crippen LogP contribution in [0.15, 0.2) is 292 Å². The molecule has 0 bridgehead atoms. The third kappa shape index (κ3) is 8.96. The first kappa shape index (κ1) is 63.0. The van der Waals surface area contributed by atoms with Crippen LogP contribution >= 0.6 is 0 Å². The number of nitrogens with zero attached hydrogens (tertiary/aromatic N) is 2. The molecule has 0 aliphatic heterocycles. The Morgan fingerprint density at radius 2 is 0.563 bits per heavy atom. The van der Waals surface area contributed by atoms with Gasteiger partial charge in [0.05, 0.1) is 27.6 Å². The minimum absolute atomic E-state index is 0.354. The SMILES string of the molecule is C=Cc1ccc(C2(c3cc(C)ccc3C)c3ccccc3-c3ccc(N(c4ccc5c(c4)C4(c6ccccc6-5)c5ccccc5-c5ccc(N(c6ccc7c(c6)C(c6ccc(C=C)cc6)(c6cc(C)ccc6C)c6ccccc6-7)c6cc(F)cc(F)c6F)cc54)c4cc(F)cc(F)c4F)cc32)cc1. The Balaban J connectivity index is 0.884. The lowest BCUT2D eigenvalue weighted by molar-refractivity contribution is 0.496. The van der Waals surface area contributed by atoms with E-state index >= 15 is 26.3 Å². The monoisotopic (exact) mass is 1350 g/mol. The molecule has 2 unspecified atom stereocenters. The molecule has 0 radical (unpaired) electrons. The number of rotatable bonds is 12. The van der Waals surface area contributed by atoms with Gasteiger partial charge in [-0.1, -0.05) is 243 Å². The molecule has 0 N–H and O–H groups in total. The second kappa shape index (κ2) is 23.4. The van der Waals surface area contributed by atoms with E-state index in [1.54, 1.807) is 9.80 Å². The summed E-state index contributed by atoms with van der Waals surface area (Å²) in [4.78, 5) is 3.24. The topological polar surface area (TPSA) is 6.48 Å². The first-order valence-electron chi connectivity index (χ1n) is 34.6. The lowest BCUT2D eigenvalue weighted by atomic mass is 9.66. The van der Waals surface area contributed by atoms with Crippen molar-refractivity contribution in [2.24, 2.45) is 0 Å². The smallest absolute Gasteiger partial charge is 0.182 e. The molecule has 1 spiro atoms. The summed E-state index contributed by atoms with van der Waals surface area (Å²) >= 11 is 0. The van der Waals surface area contributed by atoms with Crippen molar-refractivity contribution in [3.8, 4) is 44.5 Å². The zero-order valence-corrected chi connectivity index (χ0v) is 56.8. The van der Waals surface area contributed by atoms with Crippen molar-refractivity contribution in [2.45, 2.75) is 43.9 Å². The quantitative estimate of drug-likeness (QED) is 0.0888.